The van der Waals surface area contributed by atoms with Crippen LogP contribution in [0.15, 0.2) is 48.8 Å². The number of pyridine rings is 1. The molecule has 2 N–H and O–H groups in total. The van der Waals surface area contributed by atoms with Crippen LogP contribution in [0.5, 0.6) is 5.75 Å². The molecule has 2 aromatic rings. The van der Waals surface area contributed by atoms with Crippen molar-refractivity contribution in [2.45, 2.75) is 13.0 Å². The average Bonchev–Trinajstić information content (AvgIpc) is 2.85. The van der Waals surface area contributed by atoms with Gasteiger partial charge in [-0.05, 0) is 31.2 Å². The van der Waals surface area contributed by atoms with Crippen LogP contribution in [-0.4, -0.2) is 38.5 Å². The van der Waals surface area contributed by atoms with Gasteiger partial charge in [-0.1, -0.05) is 12.1 Å². The third-order valence-electron chi connectivity index (χ3n) is 3.63. The summed E-state index contributed by atoms with van der Waals surface area (Å²) in [5.74, 6) is 0.159. The average molecular weight is 362 g/mol. The van der Waals surface area contributed by atoms with Gasteiger partial charge in [0.05, 0.1) is 24.1 Å². The van der Waals surface area contributed by atoms with E-state index >= 15 is 0 Å². The van der Waals surface area contributed by atoms with Gasteiger partial charge in [-0.15, -0.1) is 0 Å². The Labute approximate surface area is 146 Å². The van der Waals surface area contributed by atoms with E-state index < -0.39 is 16.3 Å². The van der Waals surface area contributed by atoms with Gasteiger partial charge in [0.2, 0.25) is 0 Å². The molecule has 0 bridgehead atoms. The Morgan fingerprint density at radius 1 is 1.32 bits per heavy atom. The maximum Gasteiger partial charge on any atom is 0.324 e. The predicted molar refractivity (Wildman–Crippen MR) is 93.7 cm³/mol. The van der Waals surface area contributed by atoms with Crippen LogP contribution in [0.4, 0.5) is 11.4 Å². The van der Waals surface area contributed by atoms with Crippen molar-refractivity contribution in [3.8, 4) is 5.75 Å². The Morgan fingerprint density at radius 2 is 2.12 bits per heavy atom. The number of hydrogen-bond donors (Lipinski definition) is 2. The minimum absolute atomic E-state index is 0.123. The first-order chi connectivity index (χ1) is 12.0. The number of ether oxygens (including phenoxy) is 1. The van der Waals surface area contributed by atoms with Crippen LogP contribution < -0.4 is 19.1 Å². The molecule has 0 spiro atoms. The van der Waals surface area contributed by atoms with Gasteiger partial charge < -0.3 is 10.1 Å². The van der Waals surface area contributed by atoms with Crippen molar-refractivity contribution in [2.75, 3.05) is 22.1 Å². The molecule has 1 aliphatic heterocycles. The molecule has 1 amide bonds. The second-order valence-electron chi connectivity index (χ2n) is 5.44. The van der Waals surface area contributed by atoms with Crippen molar-refractivity contribution in [2.24, 2.45) is 0 Å². The Morgan fingerprint density at radius 3 is 2.88 bits per heavy atom. The maximum atomic E-state index is 12.1. The molecule has 1 unspecified atom stereocenters. The van der Waals surface area contributed by atoms with Crippen LogP contribution in [0, 0.1) is 0 Å². The van der Waals surface area contributed by atoms with E-state index in [-0.39, 0.29) is 19.0 Å². The first-order valence-corrected chi connectivity index (χ1v) is 9.15. The van der Waals surface area contributed by atoms with Gasteiger partial charge >= 0.3 is 10.2 Å². The lowest BCUT2D eigenvalue weighted by Gasteiger charge is -2.18. The molecular weight excluding hydrogens is 344 g/mol. The molecule has 132 valence electrons. The van der Waals surface area contributed by atoms with E-state index in [0.717, 1.165) is 0 Å². The molecule has 0 aliphatic carbocycles. The molecule has 1 atom stereocenters. The molecule has 1 aromatic heterocycles. The molecule has 0 fully saturated rings. The molecule has 9 heteroatoms. The van der Waals surface area contributed by atoms with Crippen molar-refractivity contribution in [1.82, 2.24) is 10.3 Å². The van der Waals surface area contributed by atoms with Crippen molar-refractivity contribution in [1.29, 1.82) is 0 Å². The molecule has 0 saturated heterocycles. The van der Waals surface area contributed by atoms with Crippen LogP contribution in [0.3, 0.4) is 0 Å². The summed E-state index contributed by atoms with van der Waals surface area (Å²) in [6.45, 7) is 1.90. The van der Waals surface area contributed by atoms with E-state index in [2.05, 4.69) is 15.0 Å². The molecule has 1 aromatic carbocycles. The lowest BCUT2D eigenvalue weighted by Crippen LogP contribution is -2.42. The summed E-state index contributed by atoms with van der Waals surface area (Å²) < 4.78 is 33.5. The van der Waals surface area contributed by atoms with Gasteiger partial charge in [-0.3, -0.25) is 14.5 Å². The number of anilines is 2. The highest BCUT2D eigenvalue weighted by Crippen LogP contribution is 2.34. The molecule has 2 heterocycles. The SMILES string of the molecule is CC(Oc1cccnc1)C(=O)NCCN1c2ccccc2NS1(=O)=O. The molecule has 25 heavy (non-hydrogen) atoms. The molecule has 1 aliphatic rings. The van der Waals surface area contributed by atoms with E-state index in [1.54, 1.807) is 49.5 Å². The summed E-state index contributed by atoms with van der Waals surface area (Å²) in [5, 5.41) is 2.68. The first-order valence-electron chi connectivity index (χ1n) is 7.71. The van der Waals surface area contributed by atoms with Crippen LogP contribution in [0.2, 0.25) is 0 Å². The number of carbonyl (C=O) groups excluding carboxylic acids is 1. The molecule has 3 rings (SSSR count). The largest absolute Gasteiger partial charge is 0.479 e. The lowest BCUT2D eigenvalue weighted by atomic mass is 10.2. The van der Waals surface area contributed by atoms with Crippen LogP contribution in [0.1, 0.15) is 6.92 Å². The zero-order valence-electron chi connectivity index (χ0n) is 13.5. The summed E-state index contributed by atoms with van der Waals surface area (Å²) in [5.41, 5.74) is 1.10. The standard InChI is InChI=1S/C16H18N4O4S/c1-12(24-13-5-4-8-17-11-13)16(21)18-9-10-20-15-7-3-2-6-14(15)19-25(20,22)23/h2-8,11-12,19H,9-10H2,1H3,(H,18,21). The number of para-hydroxylation sites is 2. The first kappa shape index (κ1) is 17.0. The summed E-state index contributed by atoms with van der Waals surface area (Å²) in [6.07, 6.45) is 2.41. The minimum Gasteiger partial charge on any atom is -0.479 e. The fourth-order valence-corrected chi connectivity index (χ4v) is 3.75. The monoisotopic (exact) mass is 362 g/mol. The highest BCUT2D eigenvalue weighted by molar-refractivity contribution is 7.94. The zero-order chi connectivity index (χ0) is 17.9. The number of rotatable bonds is 6. The maximum absolute atomic E-state index is 12.1. The number of carbonyl (C=O) groups is 1. The molecule has 8 nitrogen and oxygen atoms in total. The number of hydrogen-bond acceptors (Lipinski definition) is 5. The third-order valence-corrected chi connectivity index (χ3v) is 5.07. The van der Waals surface area contributed by atoms with Gasteiger partial charge in [0, 0.05) is 12.7 Å². The fraction of sp³-hybridized carbons (Fsp3) is 0.250. The Balaban J connectivity index is 1.55. The predicted octanol–water partition coefficient (Wildman–Crippen LogP) is 1.14. The van der Waals surface area contributed by atoms with Gasteiger partial charge in [-0.2, -0.15) is 8.42 Å². The number of fused-ring (bicyclic) bond motifs is 1. The van der Waals surface area contributed by atoms with Crippen LogP contribution >= 0.6 is 0 Å². The number of nitrogens with zero attached hydrogens (tertiary/aromatic N) is 2. The van der Waals surface area contributed by atoms with Crippen molar-refractivity contribution in [3.05, 3.63) is 48.8 Å². The van der Waals surface area contributed by atoms with E-state index in [4.69, 9.17) is 4.74 Å². The normalized spacial score (nSPS) is 15.8. The van der Waals surface area contributed by atoms with Crippen molar-refractivity contribution < 1.29 is 17.9 Å². The molecular formula is C16H18N4O4S. The van der Waals surface area contributed by atoms with Crippen molar-refractivity contribution in [3.63, 3.8) is 0 Å². The minimum atomic E-state index is -3.62. The highest BCUT2D eigenvalue weighted by atomic mass is 32.2. The van der Waals surface area contributed by atoms with Crippen LogP contribution in [-0.2, 0) is 15.0 Å². The van der Waals surface area contributed by atoms with E-state index in [9.17, 15) is 13.2 Å². The topological polar surface area (TPSA) is 101 Å². The molecule has 0 radical (unpaired) electrons. The number of amides is 1. The van der Waals surface area contributed by atoms with Gasteiger partial charge in [0.15, 0.2) is 6.10 Å². The summed E-state index contributed by atoms with van der Waals surface area (Å²) in [4.78, 5) is 16.0. The third kappa shape index (κ3) is 3.82. The summed E-state index contributed by atoms with van der Waals surface area (Å²) in [6, 6.07) is 10.3. The zero-order valence-corrected chi connectivity index (χ0v) is 14.4. The van der Waals surface area contributed by atoms with Gasteiger partial charge in [0.1, 0.15) is 5.75 Å². The molecule has 0 saturated carbocycles. The smallest absolute Gasteiger partial charge is 0.324 e. The quantitative estimate of drug-likeness (QED) is 0.803. The van der Waals surface area contributed by atoms with Crippen LogP contribution in [0.25, 0.3) is 0 Å². The number of nitrogens with one attached hydrogen (secondary N) is 2. The number of aromatic nitrogens is 1. The van der Waals surface area contributed by atoms with E-state index in [1.807, 2.05) is 0 Å². The Bertz CT molecular complexity index is 857. The fourth-order valence-electron chi connectivity index (χ4n) is 2.44. The van der Waals surface area contributed by atoms with Crippen molar-refractivity contribution >= 4 is 27.5 Å². The Kier molecular flexibility index (Phi) is 4.75. The van der Waals surface area contributed by atoms with E-state index in [1.165, 1.54) is 10.5 Å². The summed E-state index contributed by atoms with van der Waals surface area (Å²) >= 11 is 0. The lowest BCUT2D eigenvalue weighted by molar-refractivity contribution is -0.127. The van der Waals surface area contributed by atoms with E-state index in [0.29, 0.717) is 17.1 Å². The number of benzene rings is 1. The summed E-state index contributed by atoms with van der Waals surface area (Å²) in [7, 11) is -3.62. The Hall–Kier alpha value is -2.81. The second kappa shape index (κ2) is 6.98. The van der Waals surface area contributed by atoms with Gasteiger partial charge in [0.25, 0.3) is 5.91 Å². The van der Waals surface area contributed by atoms with Gasteiger partial charge in [-0.25, -0.2) is 4.31 Å². The highest BCUT2D eigenvalue weighted by Gasteiger charge is 2.31. The second-order valence-corrected chi connectivity index (χ2v) is 7.03.